The van der Waals surface area contributed by atoms with Crippen LogP contribution in [0, 0.1) is 0 Å². The molecule has 4 heteroatoms. The van der Waals surface area contributed by atoms with E-state index in [0.29, 0.717) is 0 Å². The molecule has 0 aliphatic carbocycles. The molecule has 0 N–H and O–H groups in total. The first kappa shape index (κ1) is 17.4. The summed E-state index contributed by atoms with van der Waals surface area (Å²) in [5.41, 5.74) is 4.09. The average molecular weight is 406 g/mol. The largest absolute Gasteiger partial charge is 0.314 e. The van der Waals surface area contributed by atoms with Crippen molar-refractivity contribution in [3.05, 3.63) is 97.1 Å². The normalized spacial score (nSPS) is 13.9. The van der Waals surface area contributed by atoms with Gasteiger partial charge >= 0.3 is 0 Å². The Balaban J connectivity index is 1.77. The van der Waals surface area contributed by atoms with Crippen LogP contribution >= 0.6 is 7.14 Å². The second kappa shape index (κ2) is 6.29. The molecule has 4 aromatic carbocycles. The predicted octanol–water partition coefficient (Wildman–Crippen LogP) is 5.74. The van der Waals surface area contributed by atoms with Crippen molar-refractivity contribution in [2.24, 2.45) is 0 Å². The first-order chi connectivity index (χ1) is 14.6. The molecule has 0 amide bonds. The number of aromatic nitrogens is 2. The molecule has 6 aromatic rings. The van der Waals surface area contributed by atoms with E-state index < -0.39 is 7.14 Å². The molecule has 2 heterocycles. The Morgan fingerprint density at radius 2 is 1.37 bits per heavy atom. The lowest BCUT2D eigenvalue weighted by atomic mass is 10.1. The molecule has 6 rings (SSSR count). The first-order valence-electron chi connectivity index (χ1n) is 10.00. The lowest BCUT2D eigenvalue weighted by molar-refractivity contribution is 0.590. The lowest BCUT2D eigenvalue weighted by Crippen LogP contribution is -2.15. The quantitative estimate of drug-likeness (QED) is 0.272. The Bertz CT molecular complexity index is 1630. The smallest absolute Gasteiger partial charge is 0.146 e. The van der Waals surface area contributed by atoms with Crippen molar-refractivity contribution in [3.63, 3.8) is 0 Å². The fraction of sp³-hybridized carbons (Fsp3) is 0.0385. The summed E-state index contributed by atoms with van der Waals surface area (Å²) in [4.78, 5) is 4.92. The number of hydrogen-bond donors (Lipinski definition) is 0. The summed E-state index contributed by atoms with van der Waals surface area (Å²) in [6, 6.07) is 32.5. The molecule has 0 fully saturated rings. The molecule has 1 unspecified atom stereocenters. The van der Waals surface area contributed by atoms with Crippen LogP contribution in [0.3, 0.4) is 0 Å². The first-order valence-corrected chi connectivity index (χ1v) is 12.2. The predicted molar refractivity (Wildman–Crippen MR) is 127 cm³/mol. The highest BCUT2D eigenvalue weighted by molar-refractivity contribution is 7.78. The molecule has 0 aliphatic rings. The van der Waals surface area contributed by atoms with Gasteiger partial charge in [0.15, 0.2) is 0 Å². The molecule has 30 heavy (non-hydrogen) atoms. The van der Waals surface area contributed by atoms with Crippen molar-refractivity contribution in [2.45, 2.75) is 0 Å². The highest BCUT2D eigenvalue weighted by Gasteiger charge is 2.22. The standard InChI is InChI=1S/C26H19N2OP/c1-30(29,18-9-3-2-4-10-18)19-15-16-24-22(17-19)20-11-5-6-12-21(20)26-27-23-13-7-8-14-25(23)28(24)26/h2-17H,1H3. The molecule has 0 radical (unpaired) electrons. The van der Waals surface area contributed by atoms with E-state index in [1.54, 1.807) is 0 Å². The maximum Gasteiger partial charge on any atom is 0.146 e. The number of nitrogens with zero attached hydrogens (tertiary/aromatic N) is 2. The van der Waals surface area contributed by atoms with Crippen LogP contribution in [-0.2, 0) is 4.57 Å². The fourth-order valence-electron chi connectivity index (χ4n) is 4.43. The summed E-state index contributed by atoms with van der Waals surface area (Å²) >= 11 is 0. The minimum absolute atomic E-state index is 0.870. The minimum atomic E-state index is -2.70. The number of para-hydroxylation sites is 2. The molecule has 2 aromatic heterocycles. The van der Waals surface area contributed by atoms with Gasteiger partial charge < -0.3 is 4.57 Å². The monoisotopic (exact) mass is 406 g/mol. The van der Waals surface area contributed by atoms with Gasteiger partial charge in [0.1, 0.15) is 12.8 Å². The van der Waals surface area contributed by atoms with E-state index in [-0.39, 0.29) is 0 Å². The summed E-state index contributed by atoms with van der Waals surface area (Å²) in [6.07, 6.45) is 0. The number of pyridine rings is 1. The SMILES string of the molecule is CP(=O)(c1ccccc1)c1ccc2c(c1)c1ccccc1c1nc3ccccc3n21. The zero-order chi connectivity index (χ0) is 20.3. The van der Waals surface area contributed by atoms with E-state index in [1.165, 1.54) is 0 Å². The van der Waals surface area contributed by atoms with E-state index in [4.69, 9.17) is 4.98 Å². The van der Waals surface area contributed by atoms with Gasteiger partial charge in [-0.25, -0.2) is 4.98 Å². The molecule has 0 bridgehead atoms. The van der Waals surface area contributed by atoms with E-state index in [9.17, 15) is 4.57 Å². The summed E-state index contributed by atoms with van der Waals surface area (Å²) in [7, 11) is -2.70. The number of benzene rings is 4. The van der Waals surface area contributed by atoms with Crippen molar-refractivity contribution in [2.75, 3.05) is 6.66 Å². The number of imidazole rings is 1. The maximum atomic E-state index is 13.8. The van der Waals surface area contributed by atoms with Gasteiger partial charge in [-0.15, -0.1) is 0 Å². The summed E-state index contributed by atoms with van der Waals surface area (Å²) < 4.78 is 16.0. The van der Waals surface area contributed by atoms with E-state index in [1.807, 2.05) is 67.3 Å². The van der Waals surface area contributed by atoms with E-state index in [0.717, 1.165) is 49.0 Å². The van der Waals surface area contributed by atoms with Crippen molar-refractivity contribution in [1.82, 2.24) is 9.38 Å². The molecule has 0 spiro atoms. The Labute approximate surface area is 174 Å². The zero-order valence-electron chi connectivity index (χ0n) is 16.5. The topological polar surface area (TPSA) is 34.4 Å². The van der Waals surface area contributed by atoms with Gasteiger partial charge in [-0.2, -0.15) is 0 Å². The van der Waals surface area contributed by atoms with Crippen LogP contribution in [0.25, 0.3) is 38.4 Å². The maximum absolute atomic E-state index is 13.8. The molecule has 0 saturated heterocycles. The van der Waals surface area contributed by atoms with Crippen LogP contribution in [0.2, 0.25) is 0 Å². The van der Waals surface area contributed by atoms with Crippen LogP contribution in [0.1, 0.15) is 0 Å². The van der Waals surface area contributed by atoms with Gasteiger partial charge in [-0.05, 0) is 42.4 Å². The molecular formula is C26H19N2OP. The highest BCUT2D eigenvalue weighted by Crippen LogP contribution is 2.40. The van der Waals surface area contributed by atoms with Crippen LogP contribution in [-0.4, -0.2) is 16.0 Å². The summed E-state index contributed by atoms with van der Waals surface area (Å²) in [6.45, 7) is 1.86. The van der Waals surface area contributed by atoms with E-state index in [2.05, 4.69) is 40.8 Å². The van der Waals surface area contributed by atoms with Crippen LogP contribution in [0.5, 0.6) is 0 Å². The number of rotatable bonds is 2. The van der Waals surface area contributed by atoms with Gasteiger partial charge in [0.25, 0.3) is 0 Å². The van der Waals surface area contributed by atoms with Crippen molar-refractivity contribution < 1.29 is 4.57 Å². The Kier molecular flexibility index (Phi) is 3.65. The zero-order valence-corrected chi connectivity index (χ0v) is 17.4. The molecule has 0 saturated carbocycles. The Morgan fingerprint density at radius 1 is 0.667 bits per heavy atom. The third-order valence-corrected chi connectivity index (χ3v) is 8.53. The van der Waals surface area contributed by atoms with Crippen molar-refractivity contribution in [3.8, 4) is 0 Å². The highest BCUT2D eigenvalue weighted by atomic mass is 31.2. The molecular weight excluding hydrogens is 387 g/mol. The second-order valence-electron chi connectivity index (χ2n) is 7.77. The third-order valence-electron chi connectivity index (χ3n) is 5.98. The number of hydrogen-bond acceptors (Lipinski definition) is 2. The lowest BCUT2D eigenvalue weighted by Gasteiger charge is -2.16. The van der Waals surface area contributed by atoms with Gasteiger partial charge in [0.05, 0.1) is 16.6 Å². The van der Waals surface area contributed by atoms with Crippen molar-refractivity contribution >= 4 is 56.1 Å². The molecule has 0 aliphatic heterocycles. The fourth-order valence-corrected chi connectivity index (χ4v) is 6.20. The minimum Gasteiger partial charge on any atom is -0.314 e. The molecule has 1 atom stereocenters. The van der Waals surface area contributed by atoms with Crippen LogP contribution in [0.4, 0.5) is 0 Å². The van der Waals surface area contributed by atoms with E-state index >= 15 is 0 Å². The van der Waals surface area contributed by atoms with Gasteiger partial charge in [0.2, 0.25) is 0 Å². The summed E-state index contributed by atoms with van der Waals surface area (Å²) in [5.74, 6) is 0. The number of fused-ring (bicyclic) bond motifs is 8. The van der Waals surface area contributed by atoms with Crippen LogP contribution < -0.4 is 10.6 Å². The second-order valence-corrected chi connectivity index (χ2v) is 10.6. The molecule has 3 nitrogen and oxygen atoms in total. The van der Waals surface area contributed by atoms with Crippen LogP contribution in [0.15, 0.2) is 97.1 Å². The Hall–Kier alpha value is -3.42. The third kappa shape index (κ3) is 2.39. The summed E-state index contributed by atoms with van der Waals surface area (Å²) in [5, 5.41) is 5.07. The Morgan fingerprint density at radius 3 is 2.20 bits per heavy atom. The average Bonchev–Trinajstić information content (AvgIpc) is 3.19. The van der Waals surface area contributed by atoms with Crippen molar-refractivity contribution in [1.29, 1.82) is 0 Å². The van der Waals surface area contributed by atoms with Gasteiger partial charge in [-0.3, -0.25) is 4.40 Å². The molecule has 144 valence electrons. The van der Waals surface area contributed by atoms with Gasteiger partial charge in [0, 0.05) is 21.4 Å². The van der Waals surface area contributed by atoms with Gasteiger partial charge in [-0.1, -0.05) is 66.7 Å².